The quantitative estimate of drug-likeness (QED) is 0.442. The van der Waals surface area contributed by atoms with Gasteiger partial charge >= 0.3 is 0 Å². The molecule has 3 rings (SSSR count). The summed E-state index contributed by atoms with van der Waals surface area (Å²) in [6, 6.07) is 23.7. The highest BCUT2D eigenvalue weighted by Crippen LogP contribution is 2.28. The molecule has 3 aromatic carbocycles. The average molecular weight is 516 g/mol. The summed E-state index contributed by atoms with van der Waals surface area (Å²) in [5.41, 5.74) is 1.88. The molecule has 3 aromatic rings. The van der Waals surface area contributed by atoms with E-state index in [4.69, 9.17) is 16.3 Å². The predicted molar refractivity (Wildman–Crippen MR) is 130 cm³/mol. The number of likely N-dealkylation sites (N-methyl/N-ethyl adjacent to an activating group) is 1. The number of carbonyl (C=O) groups excluding carboxylic acids is 2. The van der Waals surface area contributed by atoms with Crippen molar-refractivity contribution in [2.75, 3.05) is 13.7 Å². The van der Waals surface area contributed by atoms with Crippen molar-refractivity contribution in [1.82, 2.24) is 10.2 Å². The van der Waals surface area contributed by atoms with Gasteiger partial charge in [0.05, 0.1) is 5.02 Å². The third-order valence-corrected chi connectivity index (χ3v) is 5.75. The Hall–Kier alpha value is -2.83. The Bertz CT molecular complexity index is 1050. The van der Waals surface area contributed by atoms with Crippen molar-refractivity contribution in [2.45, 2.75) is 19.0 Å². The fourth-order valence-electron chi connectivity index (χ4n) is 3.32. The minimum Gasteiger partial charge on any atom is -0.482 e. The molecule has 1 atom stereocenters. The van der Waals surface area contributed by atoms with Crippen LogP contribution in [0.2, 0.25) is 5.02 Å². The molecule has 0 radical (unpaired) electrons. The zero-order valence-corrected chi connectivity index (χ0v) is 20.0. The van der Waals surface area contributed by atoms with Crippen LogP contribution in [0.4, 0.5) is 0 Å². The lowest BCUT2D eigenvalue weighted by Crippen LogP contribution is -2.51. The van der Waals surface area contributed by atoms with Crippen LogP contribution in [0, 0.1) is 0 Å². The maximum absolute atomic E-state index is 13.3. The van der Waals surface area contributed by atoms with Crippen molar-refractivity contribution in [3.63, 3.8) is 0 Å². The van der Waals surface area contributed by atoms with E-state index in [9.17, 15) is 9.59 Å². The maximum Gasteiger partial charge on any atom is 0.261 e. The van der Waals surface area contributed by atoms with Crippen LogP contribution in [0.5, 0.6) is 5.75 Å². The highest BCUT2D eigenvalue weighted by atomic mass is 79.9. The number of nitrogens with zero attached hydrogens (tertiary/aromatic N) is 1. The number of nitrogens with one attached hydrogen (secondary N) is 1. The lowest BCUT2D eigenvalue weighted by molar-refractivity contribution is -0.142. The monoisotopic (exact) mass is 514 g/mol. The molecule has 166 valence electrons. The van der Waals surface area contributed by atoms with Gasteiger partial charge in [0.25, 0.3) is 5.91 Å². The molecule has 1 N–H and O–H groups in total. The molecule has 32 heavy (non-hydrogen) atoms. The van der Waals surface area contributed by atoms with E-state index in [0.29, 0.717) is 17.2 Å². The van der Waals surface area contributed by atoms with Crippen LogP contribution in [0.1, 0.15) is 11.1 Å². The normalized spacial score (nSPS) is 11.5. The minimum absolute atomic E-state index is 0.236. The molecule has 0 aliphatic heterocycles. The number of hydrogen-bond donors (Lipinski definition) is 1. The molecular formula is C25H24BrClN2O3. The Kier molecular flexibility index (Phi) is 8.71. The van der Waals surface area contributed by atoms with Crippen molar-refractivity contribution >= 4 is 39.3 Å². The maximum atomic E-state index is 13.3. The number of hydrogen-bond acceptors (Lipinski definition) is 3. The van der Waals surface area contributed by atoms with Gasteiger partial charge in [-0.25, -0.2) is 0 Å². The highest BCUT2D eigenvalue weighted by Gasteiger charge is 2.30. The van der Waals surface area contributed by atoms with Gasteiger partial charge < -0.3 is 15.0 Å². The van der Waals surface area contributed by atoms with Crippen molar-refractivity contribution in [1.29, 1.82) is 0 Å². The minimum atomic E-state index is -0.695. The number of halogens is 2. The molecule has 0 spiro atoms. The predicted octanol–water partition coefficient (Wildman–Crippen LogP) is 4.87. The van der Waals surface area contributed by atoms with Gasteiger partial charge in [0.2, 0.25) is 5.91 Å². The van der Waals surface area contributed by atoms with E-state index in [1.807, 2.05) is 60.7 Å². The van der Waals surface area contributed by atoms with E-state index in [0.717, 1.165) is 15.6 Å². The molecular weight excluding hydrogens is 492 g/mol. The third kappa shape index (κ3) is 6.58. The molecule has 0 bridgehead atoms. The molecule has 0 unspecified atom stereocenters. The van der Waals surface area contributed by atoms with Gasteiger partial charge in [-0.15, -0.1) is 0 Å². The Morgan fingerprint density at radius 2 is 1.62 bits per heavy atom. The van der Waals surface area contributed by atoms with Gasteiger partial charge in [-0.3, -0.25) is 9.59 Å². The molecule has 7 heteroatoms. The van der Waals surface area contributed by atoms with Crippen LogP contribution in [0.15, 0.2) is 83.3 Å². The molecule has 5 nitrogen and oxygen atoms in total. The van der Waals surface area contributed by atoms with Crippen molar-refractivity contribution in [2.24, 2.45) is 0 Å². The fourth-order valence-corrected chi connectivity index (χ4v) is 4.04. The topological polar surface area (TPSA) is 58.6 Å². The Balaban J connectivity index is 1.86. The second-order valence-electron chi connectivity index (χ2n) is 7.19. The van der Waals surface area contributed by atoms with Gasteiger partial charge in [-0.05, 0) is 29.3 Å². The fraction of sp³-hybridized carbons (Fsp3) is 0.200. The number of amides is 2. The van der Waals surface area contributed by atoms with Gasteiger partial charge in [0, 0.05) is 24.5 Å². The first kappa shape index (κ1) is 23.8. The summed E-state index contributed by atoms with van der Waals surface area (Å²) in [5, 5.41) is 3.09. The van der Waals surface area contributed by atoms with E-state index in [-0.39, 0.29) is 25.0 Å². The summed E-state index contributed by atoms with van der Waals surface area (Å²) in [4.78, 5) is 27.7. The summed E-state index contributed by atoms with van der Waals surface area (Å²) in [5.74, 6) is -0.139. The van der Waals surface area contributed by atoms with Crippen LogP contribution in [-0.2, 0) is 22.6 Å². The molecule has 0 fully saturated rings. The van der Waals surface area contributed by atoms with E-state index < -0.39 is 6.04 Å². The number of rotatable bonds is 9. The average Bonchev–Trinajstić information content (AvgIpc) is 2.81. The third-order valence-electron chi connectivity index (χ3n) is 4.96. The molecule has 2 amide bonds. The van der Waals surface area contributed by atoms with E-state index in [1.54, 1.807) is 30.1 Å². The Labute approximate surface area is 201 Å². The number of benzene rings is 3. The first-order valence-corrected chi connectivity index (χ1v) is 11.3. The summed E-state index contributed by atoms with van der Waals surface area (Å²) in [7, 11) is 1.57. The first-order chi connectivity index (χ1) is 15.5. The molecule has 0 aromatic heterocycles. The number of carbonyl (C=O) groups is 2. The zero-order chi connectivity index (χ0) is 22.9. The van der Waals surface area contributed by atoms with E-state index in [1.165, 1.54) is 0 Å². The molecule has 0 aliphatic rings. The Morgan fingerprint density at radius 3 is 2.22 bits per heavy atom. The second kappa shape index (κ2) is 11.7. The first-order valence-electron chi connectivity index (χ1n) is 10.1. The largest absolute Gasteiger partial charge is 0.482 e. The standard InChI is InChI=1S/C25H24BrClN2O3/c1-28-25(31)22(14-18-8-4-2-5-9-18)29(16-19-10-6-3-7-11-19)24(30)17-32-23-13-12-20(26)15-21(23)27/h2-13,15,22H,14,16-17H2,1H3,(H,28,31)/t22-/m0/s1. The van der Waals surface area contributed by atoms with Crippen LogP contribution in [0.25, 0.3) is 0 Å². The van der Waals surface area contributed by atoms with Crippen LogP contribution in [0.3, 0.4) is 0 Å². The smallest absolute Gasteiger partial charge is 0.261 e. The van der Waals surface area contributed by atoms with Crippen LogP contribution < -0.4 is 10.1 Å². The molecule has 0 heterocycles. The number of ether oxygens (including phenoxy) is 1. The summed E-state index contributed by atoms with van der Waals surface area (Å²) >= 11 is 9.57. The van der Waals surface area contributed by atoms with E-state index >= 15 is 0 Å². The summed E-state index contributed by atoms with van der Waals surface area (Å²) < 4.78 is 6.52. The second-order valence-corrected chi connectivity index (χ2v) is 8.51. The van der Waals surface area contributed by atoms with Crippen LogP contribution in [-0.4, -0.2) is 36.4 Å². The summed E-state index contributed by atoms with van der Waals surface area (Å²) in [6.45, 7) is 0.0402. The lowest BCUT2D eigenvalue weighted by Gasteiger charge is -2.31. The molecule has 0 saturated carbocycles. The zero-order valence-electron chi connectivity index (χ0n) is 17.6. The lowest BCUT2D eigenvalue weighted by atomic mass is 10.0. The highest BCUT2D eigenvalue weighted by molar-refractivity contribution is 9.10. The molecule has 0 saturated heterocycles. The Morgan fingerprint density at radius 1 is 1.00 bits per heavy atom. The van der Waals surface area contributed by atoms with E-state index in [2.05, 4.69) is 21.2 Å². The van der Waals surface area contributed by atoms with Gasteiger partial charge in [0.1, 0.15) is 11.8 Å². The molecule has 0 aliphatic carbocycles. The van der Waals surface area contributed by atoms with Gasteiger partial charge in [0.15, 0.2) is 6.61 Å². The SMILES string of the molecule is CNC(=O)[C@H](Cc1ccccc1)N(Cc1ccccc1)C(=O)COc1ccc(Br)cc1Cl. The van der Waals surface area contributed by atoms with Gasteiger partial charge in [-0.2, -0.15) is 0 Å². The summed E-state index contributed by atoms with van der Waals surface area (Å²) in [6.07, 6.45) is 0.387. The van der Waals surface area contributed by atoms with Crippen molar-refractivity contribution in [3.8, 4) is 5.75 Å². The van der Waals surface area contributed by atoms with Gasteiger partial charge in [-0.1, -0.05) is 88.2 Å². The van der Waals surface area contributed by atoms with Crippen LogP contribution >= 0.6 is 27.5 Å². The van der Waals surface area contributed by atoms with Crippen molar-refractivity contribution < 1.29 is 14.3 Å². The van der Waals surface area contributed by atoms with Crippen molar-refractivity contribution in [3.05, 3.63) is 99.5 Å².